The third-order valence-corrected chi connectivity index (χ3v) is 9.01. The lowest BCUT2D eigenvalue weighted by atomic mass is 9.80. The Hall–Kier alpha value is -6.35. The molecule has 6 aromatic rings. The quantitative estimate of drug-likeness (QED) is 0.0718. The van der Waals surface area contributed by atoms with E-state index < -0.39 is 48.1 Å². The fourth-order valence-corrected chi connectivity index (χ4v) is 6.44. The summed E-state index contributed by atoms with van der Waals surface area (Å²) in [5, 5.41) is 0. The van der Waals surface area contributed by atoms with Gasteiger partial charge in [0.25, 0.3) is 0 Å². The van der Waals surface area contributed by atoms with Gasteiger partial charge >= 0.3 is 17.9 Å². The topological polar surface area (TPSA) is 97.4 Å². The Bertz CT molecular complexity index is 2000. The van der Waals surface area contributed by atoms with Crippen molar-refractivity contribution in [2.24, 2.45) is 0 Å². The summed E-state index contributed by atoms with van der Waals surface area (Å²) in [7, 11) is 0. The van der Waals surface area contributed by atoms with Crippen molar-refractivity contribution in [1.29, 1.82) is 0 Å². The maximum atomic E-state index is 13.7. The SMILES string of the molecule is O=C(OC1O[C@H](COC(c2ccccc2)(c2ccccc2)c2ccccc2)[C@H](OC(=O)c2ccccc2)[C@@H]1OC(=O)c1ccccc1)c1ccccc1. The molecule has 0 saturated carbocycles. The minimum absolute atomic E-state index is 0.176. The van der Waals surface area contributed by atoms with Gasteiger partial charge in [-0.1, -0.05) is 146 Å². The van der Waals surface area contributed by atoms with E-state index in [9.17, 15) is 14.4 Å². The Kier molecular flexibility index (Phi) is 10.8. The summed E-state index contributed by atoms with van der Waals surface area (Å²) >= 11 is 0. The lowest BCUT2D eigenvalue weighted by Crippen LogP contribution is -2.44. The lowest BCUT2D eigenvalue weighted by Gasteiger charge is -2.37. The first kappa shape index (κ1) is 35.1. The molecule has 1 aliphatic rings. The fraction of sp³-hybridized carbons (Fsp3) is 0.133. The number of hydrogen-bond acceptors (Lipinski definition) is 8. The molecule has 1 aliphatic heterocycles. The average Bonchev–Trinajstić information content (AvgIpc) is 3.54. The van der Waals surface area contributed by atoms with E-state index in [2.05, 4.69) is 0 Å². The second-order valence-corrected chi connectivity index (χ2v) is 12.4. The zero-order chi connectivity index (χ0) is 36.5. The molecule has 0 amide bonds. The maximum Gasteiger partial charge on any atom is 0.340 e. The first-order valence-electron chi connectivity index (χ1n) is 17.3. The largest absolute Gasteiger partial charge is 0.452 e. The number of ether oxygens (including phenoxy) is 5. The third-order valence-electron chi connectivity index (χ3n) is 9.01. The third kappa shape index (κ3) is 7.79. The molecule has 4 atom stereocenters. The molecule has 0 spiro atoms. The van der Waals surface area contributed by atoms with Gasteiger partial charge in [-0.2, -0.15) is 0 Å². The minimum Gasteiger partial charge on any atom is -0.452 e. The number of benzene rings is 6. The number of rotatable bonds is 12. The molecule has 0 bridgehead atoms. The summed E-state index contributed by atoms with van der Waals surface area (Å²) < 4.78 is 31.6. The minimum atomic E-state index is -1.46. The van der Waals surface area contributed by atoms with Crippen LogP contribution in [0.4, 0.5) is 0 Å². The number of carbonyl (C=O) groups excluding carboxylic acids is 3. The van der Waals surface area contributed by atoms with Gasteiger partial charge in [-0.05, 0) is 53.1 Å². The van der Waals surface area contributed by atoms with Gasteiger partial charge in [0, 0.05) is 0 Å². The number of carbonyl (C=O) groups is 3. The molecule has 1 fully saturated rings. The summed E-state index contributed by atoms with van der Waals surface area (Å²) in [5.41, 5.74) is 2.16. The molecular formula is C45H36O8. The van der Waals surface area contributed by atoms with Crippen LogP contribution in [0.1, 0.15) is 47.8 Å². The summed E-state index contributed by atoms with van der Waals surface area (Å²) in [6.07, 6.45) is -5.15. The zero-order valence-electron chi connectivity index (χ0n) is 28.6. The molecule has 0 radical (unpaired) electrons. The maximum absolute atomic E-state index is 13.7. The average molecular weight is 705 g/mol. The second kappa shape index (κ2) is 16.3. The summed E-state index contributed by atoms with van der Waals surface area (Å²) in [5.74, 6) is -2.10. The number of hydrogen-bond donors (Lipinski definition) is 0. The van der Waals surface area contributed by atoms with Crippen LogP contribution in [-0.4, -0.2) is 49.1 Å². The van der Waals surface area contributed by atoms with Gasteiger partial charge in [0.2, 0.25) is 12.4 Å². The van der Waals surface area contributed by atoms with Crippen LogP contribution in [0.2, 0.25) is 0 Å². The highest BCUT2D eigenvalue weighted by atomic mass is 16.8. The normalized spacial score (nSPS) is 18.1. The first-order valence-corrected chi connectivity index (χ1v) is 17.3. The van der Waals surface area contributed by atoms with Crippen molar-refractivity contribution in [2.45, 2.75) is 30.2 Å². The van der Waals surface area contributed by atoms with Crippen molar-refractivity contribution < 1.29 is 38.1 Å². The van der Waals surface area contributed by atoms with E-state index in [1.807, 2.05) is 91.0 Å². The molecular weight excluding hydrogens is 668 g/mol. The smallest absolute Gasteiger partial charge is 0.340 e. The van der Waals surface area contributed by atoms with Crippen LogP contribution in [0.3, 0.4) is 0 Å². The van der Waals surface area contributed by atoms with Crippen molar-refractivity contribution >= 4 is 17.9 Å². The van der Waals surface area contributed by atoms with Crippen LogP contribution >= 0.6 is 0 Å². The van der Waals surface area contributed by atoms with Crippen LogP contribution in [0.15, 0.2) is 182 Å². The van der Waals surface area contributed by atoms with Crippen LogP contribution in [-0.2, 0) is 29.3 Å². The van der Waals surface area contributed by atoms with Crippen LogP contribution in [0.5, 0.6) is 0 Å². The molecule has 264 valence electrons. The summed E-state index contributed by atoms with van der Waals surface area (Å²) in [6.45, 7) is -0.176. The Balaban J connectivity index is 1.29. The molecule has 1 heterocycles. The monoisotopic (exact) mass is 704 g/mol. The van der Waals surface area contributed by atoms with Crippen molar-refractivity contribution in [2.75, 3.05) is 6.61 Å². The molecule has 0 aromatic heterocycles. The van der Waals surface area contributed by atoms with Gasteiger partial charge in [0.1, 0.15) is 11.7 Å². The van der Waals surface area contributed by atoms with Crippen molar-refractivity contribution in [3.63, 3.8) is 0 Å². The van der Waals surface area contributed by atoms with Crippen molar-refractivity contribution in [1.82, 2.24) is 0 Å². The fourth-order valence-electron chi connectivity index (χ4n) is 6.44. The van der Waals surface area contributed by atoms with E-state index in [1.165, 1.54) is 0 Å². The Morgan fingerprint density at radius 2 is 0.755 bits per heavy atom. The van der Waals surface area contributed by atoms with Crippen LogP contribution < -0.4 is 0 Å². The molecule has 53 heavy (non-hydrogen) atoms. The van der Waals surface area contributed by atoms with Gasteiger partial charge in [0.05, 0.1) is 23.3 Å². The summed E-state index contributed by atoms with van der Waals surface area (Å²) in [6, 6.07) is 54.5. The van der Waals surface area contributed by atoms with E-state index in [0.29, 0.717) is 0 Å². The second-order valence-electron chi connectivity index (χ2n) is 12.4. The van der Waals surface area contributed by atoms with Crippen LogP contribution in [0.25, 0.3) is 0 Å². The van der Waals surface area contributed by atoms with Crippen molar-refractivity contribution in [3.8, 4) is 0 Å². The van der Waals surface area contributed by atoms with Crippen molar-refractivity contribution in [3.05, 3.63) is 215 Å². The Morgan fingerprint density at radius 1 is 0.434 bits per heavy atom. The van der Waals surface area contributed by atoms with E-state index in [0.717, 1.165) is 16.7 Å². The zero-order valence-corrected chi connectivity index (χ0v) is 28.6. The number of esters is 3. The van der Waals surface area contributed by atoms with Gasteiger partial charge in [0.15, 0.2) is 6.10 Å². The van der Waals surface area contributed by atoms with Gasteiger partial charge < -0.3 is 23.7 Å². The summed E-state index contributed by atoms with van der Waals surface area (Å²) in [4.78, 5) is 40.7. The highest BCUT2D eigenvalue weighted by Crippen LogP contribution is 2.42. The standard InChI is InChI=1S/C45H36O8/c46-41(32-19-7-1-8-20-32)51-39-38(31-49-45(35-25-13-4-14-26-35,36-27-15-5-16-28-36)37-29-17-6-18-30-37)50-44(53-43(48)34-23-11-3-12-24-34)40(39)52-42(47)33-21-9-2-10-22-33/h1-30,38-40,44H,31H2/t38-,39+,40+,44?/m1/s1. The molecule has 1 unspecified atom stereocenters. The highest BCUT2D eigenvalue weighted by molar-refractivity contribution is 5.91. The van der Waals surface area contributed by atoms with Gasteiger partial charge in [-0.3, -0.25) is 0 Å². The molecule has 7 rings (SSSR count). The predicted molar refractivity (Wildman–Crippen MR) is 197 cm³/mol. The Morgan fingerprint density at radius 3 is 1.13 bits per heavy atom. The molecule has 8 nitrogen and oxygen atoms in total. The molecule has 1 saturated heterocycles. The molecule has 6 aromatic carbocycles. The van der Waals surface area contributed by atoms with E-state index in [-0.39, 0.29) is 23.3 Å². The molecule has 0 aliphatic carbocycles. The molecule has 8 heteroatoms. The highest BCUT2D eigenvalue weighted by Gasteiger charge is 2.53. The van der Waals surface area contributed by atoms with E-state index >= 15 is 0 Å². The molecule has 0 N–H and O–H groups in total. The predicted octanol–water partition coefficient (Wildman–Crippen LogP) is 8.03. The first-order chi connectivity index (χ1) is 26.0. The van der Waals surface area contributed by atoms with E-state index in [1.54, 1.807) is 91.0 Å². The van der Waals surface area contributed by atoms with Crippen LogP contribution in [0, 0.1) is 0 Å². The lowest BCUT2D eigenvalue weighted by molar-refractivity contribution is -0.151. The Labute approximate surface area is 307 Å². The van der Waals surface area contributed by atoms with E-state index in [4.69, 9.17) is 23.7 Å². The van der Waals surface area contributed by atoms with Gasteiger partial charge in [-0.25, -0.2) is 14.4 Å². The van der Waals surface area contributed by atoms with Gasteiger partial charge in [-0.15, -0.1) is 0 Å².